The molecule has 138 valence electrons. The topological polar surface area (TPSA) is 83.9 Å². The maximum absolute atomic E-state index is 12.9. The molecule has 3 heterocycles. The smallest absolute Gasteiger partial charge is 0.226 e. The van der Waals surface area contributed by atoms with Gasteiger partial charge in [-0.3, -0.25) is 4.79 Å². The minimum atomic E-state index is 0.0570. The van der Waals surface area contributed by atoms with Crippen LogP contribution in [0.1, 0.15) is 61.1 Å². The molecule has 2 aliphatic rings. The van der Waals surface area contributed by atoms with Crippen LogP contribution in [0.3, 0.4) is 0 Å². The van der Waals surface area contributed by atoms with Crippen LogP contribution in [0.4, 0.5) is 10.9 Å². The molecule has 1 aliphatic carbocycles. The van der Waals surface area contributed by atoms with E-state index in [9.17, 15) is 4.79 Å². The van der Waals surface area contributed by atoms with Crippen LogP contribution in [-0.4, -0.2) is 37.5 Å². The summed E-state index contributed by atoms with van der Waals surface area (Å²) in [5, 5.41) is 13.0. The number of hydrogen-bond acceptors (Lipinski definition) is 7. The Hall–Kier alpha value is -2.09. The molecule has 26 heavy (non-hydrogen) atoms. The van der Waals surface area contributed by atoms with Gasteiger partial charge in [-0.1, -0.05) is 24.2 Å². The fraction of sp³-hybridized carbons (Fsp3) is 0.611. The first-order chi connectivity index (χ1) is 12.6. The second kappa shape index (κ2) is 7.26. The van der Waals surface area contributed by atoms with Crippen molar-refractivity contribution in [1.82, 2.24) is 25.1 Å². The number of nitrogens with one attached hydrogen (secondary N) is 1. The minimum Gasteiger partial charge on any atom is -0.334 e. The van der Waals surface area contributed by atoms with Crippen molar-refractivity contribution in [3.05, 3.63) is 22.6 Å². The Balaban J connectivity index is 1.56. The number of anilines is 2. The lowest BCUT2D eigenvalue weighted by molar-refractivity contribution is -0.136. The van der Waals surface area contributed by atoms with Crippen molar-refractivity contribution in [2.24, 2.45) is 5.92 Å². The maximum atomic E-state index is 12.9. The summed E-state index contributed by atoms with van der Waals surface area (Å²) in [5.74, 6) is 1.94. The molecule has 0 unspecified atom stereocenters. The van der Waals surface area contributed by atoms with Crippen molar-refractivity contribution in [2.45, 2.75) is 58.4 Å². The molecule has 8 heteroatoms. The van der Waals surface area contributed by atoms with E-state index in [0.29, 0.717) is 17.5 Å². The molecule has 0 spiro atoms. The van der Waals surface area contributed by atoms with E-state index in [-0.39, 0.29) is 12.0 Å². The van der Waals surface area contributed by atoms with Gasteiger partial charge in [0.05, 0.1) is 11.7 Å². The summed E-state index contributed by atoms with van der Waals surface area (Å²) in [6.07, 6.45) is 6.42. The average molecular weight is 372 g/mol. The van der Waals surface area contributed by atoms with Crippen LogP contribution in [0.25, 0.3) is 0 Å². The van der Waals surface area contributed by atoms with Gasteiger partial charge in [-0.2, -0.15) is 0 Å². The molecule has 0 bridgehead atoms. The summed E-state index contributed by atoms with van der Waals surface area (Å²) in [6.45, 7) is 4.64. The second-order valence-corrected chi connectivity index (χ2v) is 8.33. The van der Waals surface area contributed by atoms with E-state index >= 15 is 0 Å². The Bertz CT molecular complexity index is 801. The molecule has 1 saturated carbocycles. The quantitative estimate of drug-likeness (QED) is 0.884. The van der Waals surface area contributed by atoms with Gasteiger partial charge in [0.2, 0.25) is 11.0 Å². The van der Waals surface area contributed by atoms with Crippen LogP contribution in [-0.2, 0) is 4.79 Å². The van der Waals surface area contributed by atoms with Crippen LogP contribution in [0.2, 0.25) is 0 Å². The molecular weight excluding hydrogens is 348 g/mol. The molecule has 2 fully saturated rings. The van der Waals surface area contributed by atoms with Crippen LogP contribution >= 0.6 is 11.3 Å². The van der Waals surface area contributed by atoms with Crippen LogP contribution in [0.15, 0.2) is 6.07 Å². The standard InChI is InChI=1S/C18H24N6OS/c1-11-19-14(10-16(20-11)21-18-23-22-12(2)26-18)15-8-5-9-24(15)17(25)13-6-3-4-7-13/h10,13,15H,3-9H2,1-2H3,(H,19,20,21,23)/t15-/m0/s1. The highest BCUT2D eigenvalue weighted by Crippen LogP contribution is 2.36. The van der Waals surface area contributed by atoms with Crippen LogP contribution < -0.4 is 5.32 Å². The monoisotopic (exact) mass is 372 g/mol. The molecule has 2 aromatic rings. The highest BCUT2D eigenvalue weighted by atomic mass is 32.1. The molecule has 0 radical (unpaired) electrons. The van der Waals surface area contributed by atoms with Gasteiger partial charge in [-0.15, -0.1) is 10.2 Å². The molecule has 1 atom stereocenters. The zero-order valence-electron chi connectivity index (χ0n) is 15.2. The molecule has 2 aromatic heterocycles. The second-order valence-electron chi connectivity index (χ2n) is 7.15. The van der Waals surface area contributed by atoms with Crippen molar-refractivity contribution in [1.29, 1.82) is 0 Å². The number of nitrogens with zero attached hydrogens (tertiary/aromatic N) is 5. The van der Waals surface area contributed by atoms with Crippen LogP contribution in [0.5, 0.6) is 0 Å². The molecule has 1 saturated heterocycles. The molecule has 1 aliphatic heterocycles. The van der Waals surface area contributed by atoms with E-state index in [0.717, 1.165) is 48.1 Å². The van der Waals surface area contributed by atoms with Crippen molar-refractivity contribution >= 4 is 28.2 Å². The lowest BCUT2D eigenvalue weighted by Gasteiger charge is -2.27. The SMILES string of the molecule is Cc1nc(Nc2nnc(C)s2)cc([C@@H]2CCCN2C(=O)C2CCCC2)n1. The highest BCUT2D eigenvalue weighted by Gasteiger charge is 2.35. The van der Waals surface area contributed by atoms with Gasteiger partial charge in [0.15, 0.2) is 0 Å². The number of aromatic nitrogens is 4. The largest absolute Gasteiger partial charge is 0.334 e. The summed E-state index contributed by atoms with van der Waals surface area (Å²) >= 11 is 1.49. The van der Waals surface area contributed by atoms with Crippen molar-refractivity contribution in [2.75, 3.05) is 11.9 Å². The summed E-state index contributed by atoms with van der Waals surface area (Å²) in [7, 11) is 0. The third kappa shape index (κ3) is 3.56. The maximum Gasteiger partial charge on any atom is 0.226 e. The predicted molar refractivity (Wildman–Crippen MR) is 100 cm³/mol. The number of amides is 1. The summed E-state index contributed by atoms with van der Waals surface area (Å²) in [4.78, 5) is 24.1. The number of carbonyl (C=O) groups is 1. The number of rotatable bonds is 4. The third-order valence-corrected chi connectivity index (χ3v) is 5.95. The zero-order chi connectivity index (χ0) is 18.1. The first-order valence-electron chi connectivity index (χ1n) is 9.33. The van der Waals surface area contributed by atoms with Crippen LogP contribution in [0, 0.1) is 19.8 Å². The van der Waals surface area contributed by atoms with E-state index in [2.05, 4.69) is 30.4 Å². The Kier molecular flexibility index (Phi) is 4.84. The molecule has 1 amide bonds. The number of likely N-dealkylation sites (tertiary alicyclic amines) is 1. The highest BCUT2D eigenvalue weighted by molar-refractivity contribution is 7.15. The Morgan fingerprint density at radius 1 is 1.15 bits per heavy atom. The summed E-state index contributed by atoms with van der Waals surface area (Å²) in [6, 6.07) is 2.01. The normalized spacial score (nSPS) is 20.7. The van der Waals surface area contributed by atoms with E-state index in [4.69, 9.17) is 0 Å². The van der Waals surface area contributed by atoms with Gasteiger partial charge in [0.1, 0.15) is 16.6 Å². The number of aryl methyl sites for hydroxylation is 2. The number of carbonyl (C=O) groups excluding carboxylic acids is 1. The van der Waals surface area contributed by atoms with Gasteiger partial charge in [0, 0.05) is 18.5 Å². The zero-order valence-corrected chi connectivity index (χ0v) is 16.1. The average Bonchev–Trinajstić information content (AvgIpc) is 3.35. The van der Waals surface area contributed by atoms with E-state index in [1.807, 2.05) is 19.9 Å². The number of hydrogen-bond donors (Lipinski definition) is 1. The predicted octanol–water partition coefficient (Wildman–Crippen LogP) is 3.54. The Morgan fingerprint density at radius 2 is 1.96 bits per heavy atom. The third-order valence-electron chi connectivity index (χ3n) is 5.20. The van der Waals surface area contributed by atoms with Gasteiger partial charge in [-0.05, 0) is 39.5 Å². The van der Waals surface area contributed by atoms with Gasteiger partial charge in [-0.25, -0.2) is 9.97 Å². The summed E-state index contributed by atoms with van der Waals surface area (Å²) < 4.78 is 0. The van der Waals surface area contributed by atoms with Crippen molar-refractivity contribution < 1.29 is 4.79 Å². The Morgan fingerprint density at radius 3 is 2.69 bits per heavy atom. The van der Waals surface area contributed by atoms with E-state index in [1.165, 1.54) is 24.2 Å². The van der Waals surface area contributed by atoms with Gasteiger partial charge >= 0.3 is 0 Å². The lowest BCUT2D eigenvalue weighted by Crippen LogP contribution is -2.35. The molecular formula is C18H24N6OS. The fourth-order valence-electron chi connectivity index (χ4n) is 4.03. The Labute approximate surface area is 157 Å². The molecule has 0 aromatic carbocycles. The van der Waals surface area contributed by atoms with E-state index < -0.39 is 0 Å². The molecule has 7 nitrogen and oxygen atoms in total. The first-order valence-corrected chi connectivity index (χ1v) is 10.1. The minimum absolute atomic E-state index is 0.0570. The lowest BCUT2D eigenvalue weighted by atomic mass is 10.0. The van der Waals surface area contributed by atoms with Crippen molar-refractivity contribution in [3.8, 4) is 0 Å². The first kappa shape index (κ1) is 17.3. The molecule has 1 N–H and O–H groups in total. The van der Waals surface area contributed by atoms with Crippen molar-refractivity contribution in [3.63, 3.8) is 0 Å². The van der Waals surface area contributed by atoms with E-state index in [1.54, 1.807) is 0 Å². The van der Waals surface area contributed by atoms with Gasteiger partial charge in [0.25, 0.3) is 0 Å². The van der Waals surface area contributed by atoms with Gasteiger partial charge < -0.3 is 10.2 Å². The molecule has 4 rings (SSSR count). The summed E-state index contributed by atoms with van der Waals surface area (Å²) in [5.41, 5.74) is 0.921. The fourth-order valence-corrected chi connectivity index (χ4v) is 4.63.